The number of aromatic nitrogens is 2. The number of sulfone groups is 1. The molecule has 1 aliphatic carbocycles. The van der Waals surface area contributed by atoms with Gasteiger partial charge in [-0.3, -0.25) is 19.1 Å². The highest BCUT2D eigenvalue weighted by molar-refractivity contribution is 7.91. The molecule has 0 spiro atoms. The number of carbonyl (C=O) groups excluding carboxylic acids is 1. The van der Waals surface area contributed by atoms with Gasteiger partial charge in [0.15, 0.2) is 15.7 Å². The number of benzene rings is 2. The van der Waals surface area contributed by atoms with Gasteiger partial charge in [-0.05, 0) is 55.4 Å². The van der Waals surface area contributed by atoms with Crippen molar-refractivity contribution in [2.24, 2.45) is 5.92 Å². The summed E-state index contributed by atoms with van der Waals surface area (Å²) in [5, 5.41) is 6.51. The van der Waals surface area contributed by atoms with Gasteiger partial charge in [-0.2, -0.15) is 0 Å². The number of anilines is 1. The van der Waals surface area contributed by atoms with E-state index in [1.165, 1.54) is 0 Å². The van der Waals surface area contributed by atoms with Crippen LogP contribution >= 0.6 is 0 Å². The highest BCUT2D eigenvalue weighted by Crippen LogP contribution is 2.28. The average molecular weight is 619 g/mol. The summed E-state index contributed by atoms with van der Waals surface area (Å²) in [7, 11) is -2.90. The van der Waals surface area contributed by atoms with E-state index < -0.39 is 9.84 Å². The molecule has 1 aromatic heterocycles. The molecule has 3 fully saturated rings. The maximum Gasteiger partial charge on any atom is 0.297 e. The predicted octanol–water partition coefficient (Wildman–Crippen LogP) is 3.03. The van der Waals surface area contributed by atoms with Gasteiger partial charge in [0, 0.05) is 62.8 Å². The highest BCUT2D eigenvalue weighted by Gasteiger charge is 2.34. The van der Waals surface area contributed by atoms with E-state index in [1.807, 2.05) is 31.2 Å². The van der Waals surface area contributed by atoms with Gasteiger partial charge in [-0.15, -0.1) is 0 Å². The molecular formula is C33H42N6O4S. The first kappa shape index (κ1) is 30.5. The fraction of sp³-hybridized carbons (Fsp3) is 0.485. The Kier molecular flexibility index (Phi) is 8.89. The summed E-state index contributed by atoms with van der Waals surface area (Å²) >= 11 is 0. The van der Waals surface area contributed by atoms with E-state index in [2.05, 4.69) is 44.5 Å². The molecular weight excluding hydrogens is 576 g/mol. The molecule has 11 heteroatoms. The predicted molar refractivity (Wildman–Crippen MR) is 172 cm³/mol. The lowest BCUT2D eigenvalue weighted by molar-refractivity contribution is 0.0928. The fourth-order valence-corrected chi connectivity index (χ4v) is 8.22. The van der Waals surface area contributed by atoms with Crippen molar-refractivity contribution in [1.29, 1.82) is 0 Å². The van der Waals surface area contributed by atoms with Gasteiger partial charge in [0.05, 0.1) is 23.2 Å². The summed E-state index contributed by atoms with van der Waals surface area (Å²) in [6, 6.07) is 15.8. The third-order valence-corrected chi connectivity index (χ3v) is 10.9. The second kappa shape index (κ2) is 12.8. The standard InChI is InChI=1S/C33H42N6O4S/c1-23-8-9-26(32(40)35-27-10-11-27)20-29(23)39-14-13-34-31(33(39)41)36-30(25-6-4-3-5-7-25)24(2)21-37-15-17-38(18-16-37)28-12-19-44(42,43)22-28/h3-9,13-14,20,24,27-28,30H,10-12,15-19,21-22H2,1-2H3,(H,34,36)(H,35,40)/t24-,28?,30+/m0/s1. The summed E-state index contributed by atoms with van der Waals surface area (Å²) < 4.78 is 25.5. The Bertz CT molecular complexity index is 1650. The summed E-state index contributed by atoms with van der Waals surface area (Å²) in [5.74, 6) is 0.855. The fourth-order valence-electron chi connectivity index (χ4n) is 6.46. The second-order valence-electron chi connectivity index (χ2n) is 12.6. The van der Waals surface area contributed by atoms with Crippen LogP contribution in [0, 0.1) is 12.8 Å². The van der Waals surface area contributed by atoms with Crippen molar-refractivity contribution >= 4 is 21.6 Å². The van der Waals surface area contributed by atoms with Crippen molar-refractivity contribution in [2.75, 3.05) is 49.5 Å². The molecule has 1 saturated carbocycles. The van der Waals surface area contributed by atoms with Crippen LogP contribution in [0.1, 0.15) is 53.7 Å². The molecule has 2 aliphatic heterocycles. The lowest BCUT2D eigenvalue weighted by Gasteiger charge is -2.39. The molecule has 3 aromatic rings. The minimum absolute atomic E-state index is 0.124. The Morgan fingerprint density at radius 3 is 2.48 bits per heavy atom. The number of nitrogens with one attached hydrogen (secondary N) is 2. The van der Waals surface area contributed by atoms with E-state index in [9.17, 15) is 18.0 Å². The third-order valence-electron chi connectivity index (χ3n) is 9.18. The number of amides is 1. The quantitative estimate of drug-likeness (QED) is 0.356. The molecule has 2 saturated heterocycles. The Morgan fingerprint density at radius 2 is 1.80 bits per heavy atom. The molecule has 44 heavy (non-hydrogen) atoms. The second-order valence-corrected chi connectivity index (χ2v) is 14.8. The number of aryl methyl sites for hydroxylation is 1. The van der Waals surface area contributed by atoms with Crippen LogP contribution in [0.5, 0.6) is 0 Å². The van der Waals surface area contributed by atoms with E-state index in [0.29, 0.717) is 17.0 Å². The smallest absolute Gasteiger partial charge is 0.297 e. The Labute approximate surface area is 259 Å². The number of piperazine rings is 1. The maximum atomic E-state index is 13.9. The van der Waals surface area contributed by atoms with Gasteiger partial charge < -0.3 is 15.5 Å². The molecule has 6 rings (SSSR count). The molecule has 1 amide bonds. The molecule has 3 atom stereocenters. The Balaban J connectivity index is 1.19. The van der Waals surface area contributed by atoms with Crippen LogP contribution in [0.25, 0.3) is 5.69 Å². The number of hydrogen-bond acceptors (Lipinski definition) is 8. The molecule has 1 unspecified atom stereocenters. The van der Waals surface area contributed by atoms with Crippen molar-refractivity contribution in [3.05, 3.63) is 88.0 Å². The normalized spacial score (nSPS) is 21.9. The summed E-state index contributed by atoms with van der Waals surface area (Å²) in [5.41, 5.74) is 2.86. The molecule has 2 N–H and O–H groups in total. The summed E-state index contributed by atoms with van der Waals surface area (Å²) in [6.45, 7) is 8.41. The lowest BCUT2D eigenvalue weighted by Crippen LogP contribution is -2.51. The van der Waals surface area contributed by atoms with Crippen molar-refractivity contribution in [1.82, 2.24) is 24.7 Å². The largest absolute Gasteiger partial charge is 0.358 e. The number of carbonyl (C=O) groups is 1. The molecule has 3 aliphatic rings. The van der Waals surface area contributed by atoms with Crippen LogP contribution in [-0.4, -0.2) is 90.0 Å². The van der Waals surface area contributed by atoms with Gasteiger partial charge >= 0.3 is 0 Å². The minimum Gasteiger partial charge on any atom is -0.358 e. The highest BCUT2D eigenvalue weighted by atomic mass is 32.2. The van der Waals surface area contributed by atoms with Gasteiger partial charge in [-0.25, -0.2) is 13.4 Å². The van der Waals surface area contributed by atoms with Crippen LogP contribution in [0.15, 0.2) is 65.7 Å². The Hall–Kier alpha value is -3.54. The zero-order chi connectivity index (χ0) is 30.8. The number of hydrogen-bond donors (Lipinski definition) is 2. The van der Waals surface area contributed by atoms with E-state index in [0.717, 1.165) is 63.1 Å². The first-order valence-corrected chi connectivity index (χ1v) is 17.5. The van der Waals surface area contributed by atoms with Crippen LogP contribution in [0.4, 0.5) is 5.82 Å². The van der Waals surface area contributed by atoms with Crippen LogP contribution in [0.2, 0.25) is 0 Å². The molecule has 10 nitrogen and oxygen atoms in total. The van der Waals surface area contributed by atoms with Gasteiger partial charge in [0.1, 0.15) is 0 Å². The van der Waals surface area contributed by atoms with Crippen molar-refractivity contribution in [3.63, 3.8) is 0 Å². The zero-order valence-corrected chi connectivity index (χ0v) is 26.3. The number of rotatable bonds is 10. The lowest BCUT2D eigenvalue weighted by atomic mass is 9.93. The molecule has 0 radical (unpaired) electrons. The van der Waals surface area contributed by atoms with Gasteiger partial charge in [0.25, 0.3) is 11.5 Å². The van der Waals surface area contributed by atoms with E-state index in [1.54, 1.807) is 29.1 Å². The first-order chi connectivity index (χ1) is 21.2. The zero-order valence-electron chi connectivity index (χ0n) is 25.5. The maximum absolute atomic E-state index is 13.9. The van der Waals surface area contributed by atoms with E-state index in [-0.39, 0.29) is 47.1 Å². The topological polar surface area (TPSA) is 117 Å². The Morgan fingerprint density at radius 1 is 1.05 bits per heavy atom. The van der Waals surface area contributed by atoms with Crippen LogP contribution < -0.4 is 16.2 Å². The molecule has 0 bridgehead atoms. The van der Waals surface area contributed by atoms with Gasteiger partial charge in [-0.1, -0.05) is 43.3 Å². The molecule has 2 aromatic carbocycles. The third kappa shape index (κ3) is 7.06. The van der Waals surface area contributed by atoms with Crippen LogP contribution in [-0.2, 0) is 9.84 Å². The first-order valence-electron chi connectivity index (χ1n) is 15.6. The van der Waals surface area contributed by atoms with Crippen molar-refractivity contribution < 1.29 is 13.2 Å². The summed E-state index contributed by atoms with van der Waals surface area (Å²) in [6.07, 6.45) is 6.02. The molecule has 3 heterocycles. The van der Waals surface area contributed by atoms with E-state index in [4.69, 9.17) is 0 Å². The van der Waals surface area contributed by atoms with E-state index >= 15 is 0 Å². The van der Waals surface area contributed by atoms with Crippen molar-refractivity contribution in [3.8, 4) is 5.69 Å². The van der Waals surface area contributed by atoms with Crippen LogP contribution in [0.3, 0.4) is 0 Å². The van der Waals surface area contributed by atoms with Gasteiger partial charge in [0.2, 0.25) is 0 Å². The average Bonchev–Trinajstić information content (AvgIpc) is 3.76. The SMILES string of the molecule is Cc1ccc(C(=O)NC2CC2)cc1-n1ccnc(N[C@@H](c2ccccc2)[C@@H](C)CN2CCN(C3CCS(=O)(=O)C3)CC2)c1=O. The monoisotopic (exact) mass is 618 g/mol. The van der Waals surface area contributed by atoms with Crippen molar-refractivity contribution in [2.45, 2.75) is 51.2 Å². The summed E-state index contributed by atoms with van der Waals surface area (Å²) in [4.78, 5) is 35.8. The number of nitrogens with zero attached hydrogens (tertiary/aromatic N) is 4. The minimum atomic E-state index is -2.90. The molecule has 234 valence electrons.